The van der Waals surface area contributed by atoms with E-state index in [0.29, 0.717) is 24.8 Å². The van der Waals surface area contributed by atoms with Crippen molar-refractivity contribution in [3.8, 4) is 0 Å². The van der Waals surface area contributed by atoms with Crippen molar-refractivity contribution in [1.82, 2.24) is 5.32 Å². The van der Waals surface area contributed by atoms with Gasteiger partial charge in [-0.25, -0.2) is 0 Å². The Kier molecular flexibility index (Phi) is 5.15. The maximum Gasteiger partial charge on any atom is 0.391 e. The van der Waals surface area contributed by atoms with Gasteiger partial charge in [-0.2, -0.15) is 13.2 Å². The number of halogens is 3. The zero-order chi connectivity index (χ0) is 13.9. The quantitative estimate of drug-likeness (QED) is 0.790. The average Bonchev–Trinajstić information content (AvgIpc) is 2.39. The van der Waals surface area contributed by atoms with Gasteiger partial charge in [0.2, 0.25) is 0 Å². The van der Waals surface area contributed by atoms with Crippen LogP contribution in [0, 0.1) is 11.8 Å². The molecule has 1 nitrogen and oxygen atoms in total. The zero-order valence-corrected chi connectivity index (χ0v) is 11.8. The van der Waals surface area contributed by atoms with Gasteiger partial charge in [0.1, 0.15) is 0 Å². The van der Waals surface area contributed by atoms with E-state index in [4.69, 9.17) is 0 Å². The predicted octanol–water partition coefficient (Wildman–Crippen LogP) is 4.67. The van der Waals surface area contributed by atoms with Crippen LogP contribution in [0.15, 0.2) is 0 Å². The minimum atomic E-state index is -4.01. The summed E-state index contributed by atoms with van der Waals surface area (Å²) in [6.45, 7) is 2.16. The molecule has 19 heavy (non-hydrogen) atoms. The molecule has 0 aromatic carbocycles. The molecule has 0 aromatic rings. The molecule has 4 heteroatoms. The first-order valence-electron chi connectivity index (χ1n) is 7.79. The molecule has 2 saturated carbocycles. The van der Waals surface area contributed by atoms with Crippen LogP contribution in [0.25, 0.3) is 0 Å². The molecule has 0 aromatic heterocycles. The summed E-state index contributed by atoms with van der Waals surface area (Å²) in [7, 11) is 0. The first-order chi connectivity index (χ1) is 8.97. The average molecular weight is 277 g/mol. The maximum atomic E-state index is 12.8. The predicted molar refractivity (Wildman–Crippen MR) is 71.0 cm³/mol. The van der Waals surface area contributed by atoms with Gasteiger partial charge in [0.15, 0.2) is 0 Å². The molecule has 2 aliphatic carbocycles. The van der Waals surface area contributed by atoms with Crippen LogP contribution in [0.2, 0.25) is 0 Å². The molecule has 0 saturated heterocycles. The summed E-state index contributed by atoms with van der Waals surface area (Å²) in [5, 5.41) is 3.49. The lowest BCUT2D eigenvalue weighted by atomic mass is 9.82. The Morgan fingerprint density at radius 2 is 1.63 bits per heavy atom. The summed E-state index contributed by atoms with van der Waals surface area (Å²) in [4.78, 5) is 0. The molecule has 0 bridgehead atoms. The van der Waals surface area contributed by atoms with E-state index in [9.17, 15) is 13.2 Å². The standard InChI is InChI=1S/C15H26F3N/c1-11(12-6-3-2-4-7-12)19-14-9-5-8-13(10-14)15(16,17)18/h11-14,19H,2-10H2,1H3. The second kappa shape index (κ2) is 6.47. The highest BCUT2D eigenvalue weighted by molar-refractivity contribution is 4.85. The molecule has 0 heterocycles. The van der Waals surface area contributed by atoms with Crippen molar-refractivity contribution in [3.63, 3.8) is 0 Å². The minimum Gasteiger partial charge on any atom is -0.311 e. The van der Waals surface area contributed by atoms with Crippen LogP contribution in [0.4, 0.5) is 13.2 Å². The number of hydrogen-bond donors (Lipinski definition) is 1. The van der Waals surface area contributed by atoms with Crippen LogP contribution in [0.1, 0.15) is 64.7 Å². The molecule has 0 amide bonds. The molecule has 3 unspecified atom stereocenters. The third-order valence-corrected chi connectivity index (χ3v) is 4.99. The van der Waals surface area contributed by atoms with Crippen LogP contribution in [0.5, 0.6) is 0 Å². The fourth-order valence-corrected chi connectivity index (χ4v) is 3.78. The SMILES string of the molecule is CC(NC1CCCC(C(F)(F)F)C1)C1CCCCC1. The van der Waals surface area contributed by atoms with Gasteiger partial charge in [-0.15, -0.1) is 0 Å². The summed E-state index contributed by atoms with van der Waals surface area (Å²) in [5.41, 5.74) is 0. The first kappa shape index (κ1) is 15.1. The Morgan fingerprint density at radius 1 is 0.947 bits per heavy atom. The Labute approximate surface area is 114 Å². The van der Waals surface area contributed by atoms with Crippen molar-refractivity contribution < 1.29 is 13.2 Å². The highest BCUT2D eigenvalue weighted by Crippen LogP contribution is 2.38. The summed E-state index contributed by atoms with van der Waals surface area (Å²) < 4.78 is 38.3. The van der Waals surface area contributed by atoms with Crippen molar-refractivity contribution in [1.29, 1.82) is 0 Å². The van der Waals surface area contributed by atoms with E-state index < -0.39 is 12.1 Å². The summed E-state index contributed by atoms with van der Waals surface area (Å²) in [6, 6.07) is 0.439. The van der Waals surface area contributed by atoms with Crippen molar-refractivity contribution in [3.05, 3.63) is 0 Å². The van der Waals surface area contributed by atoms with Crippen molar-refractivity contribution in [2.24, 2.45) is 11.8 Å². The van der Waals surface area contributed by atoms with Gasteiger partial charge in [-0.05, 0) is 44.9 Å². The molecule has 2 fully saturated rings. The third kappa shape index (κ3) is 4.37. The van der Waals surface area contributed by atoms with Crippen molar-refractivity contribution in [2.75, 3.05) is 0 Å². The molecule has 0 spiro atoms. The van der Waals surface area contributed by atoms with Crippen LogP contribution in [-0.4, -0.2) is 18.3 Å². The van der Waals surface area contributed by atoms with E-state index in [1.165, 1.54) is 32.1 Å². The second-order valence-electron chi connectivity index (χ2n) is 6.46. The van der Waals surface area contributed by atoms with Gasteiger partial charge in [-0.1, -0.05) is 25.7 Å². The van der Waals surface area contributed by atoms with E-state index in [0.717, 1.165) is 6.42 Å². The zero-order valence-electron chi connectivity index (χ0n) is 11.8. The lowest BCUT2D eigenvalue weighted by molar-refractivity contribution is -0.184. The minimum absolute atomic E-state index is 0.0669. The maximum absolute atomic E-state index is 12.8. The molecule has 3 atom stereocenters. The summed E-state index contributed by atoms with van der Waals surface area (Å²) >= 11 is 0. The number of rotatable bonds is 3. The van der Waals surface area contributed by atoms with E-state index in [-0.39, 0.29) is 12.5 Å². The highest BCUT2D eigenvalue weighted by atomic mass is 19.4. The molecule has 2 aliphatic rings. The van der Waals surface area contributed by atoms with Gasteiger partial charge in [0, 0.05) is 12.1 Å². The second-order valence-corrected chi connectivity index (χ2v) is 6.46. The van der Waals surface area contributed by atoms with E-state index in [2.05, 4.69) is 12.2 Å². The topological polar surface area (TPSA) is 12.0 Å². The van der Waals surface area contributed by atoms with Crippen LogP contribution in [0.3, 0.4) is 0 Å². The fourth-order valence-electron chi connectivity index (χ4n) is 3.78. The number of nitrogens with one attached hydrogen (secondary N) is 1. The Morgan fingerprint density at radius 3 is 2.26 bits per heavy atom. The van der Waals surface area contributed by atoms with Gasteiger partial charge in [0.25, 0.3) is 0 Å². The van der Waals surface area contributed by atoms with Gasteiger partial charge >= 0.3 is 6.18 Å². The van der Waals surface area contributed by atoms with E-state index in [1.807, 2.05) is 0 Å². The van der Waals surface area contributed by atoms with E-state index in [1.54, 1.807) is 0 Å². The lowest BCUT2D eigenvalue weighted by Crippen LogP contribution is -2.45. The van der Waals surface area contributed by atoms with Gasteiger partial charge in [0.05, 0.1) is 5.92 Å². The van der Waals surface area contributed by atoms with Crippen LogP contribution in [-0.2, 0) is 0 Å². The Hall–Kier alpha value is -0.250. The highest BCUT2D eigenvalue weighted by Gasteiger charge is 2.42. The fraction of sp³-hybridized carbons (Fsp3) is 1.00. The molecule has 2 rings (SSSR count). The third-order valence-electron chi connectivity index (χ3n) is 4.99. The first-order valence-corrected chi connectivity index (χ1v) is 7.79. The molecule has 1 N–H and O–H groups in total. The molecule has 0 aliphatic heterocycles. The number of alkyl halides is 3. The van der Waals surface area contributed by atoms with Crippen LogP contribution < -0.4 is 5.32 Å². The summed E-state index contributed by atoms with van der Waals surface area (Å²) in [6.07, 6.45) is 4.58. The summed E-state index contributed by atoms with van der Waals surface area (Å²) in [5.74, 6) is -0.419. The molecular formula is C15H26F3N. The normalized spacial score (nSPS) is 32.2. The molecular weight excluding hydrogens is 251 g/mol. The van der Waals surface area contributed by atoms with Gasteiger partial charge < -0.3 is 5.32 Å². The van der Waals surface area contributed by atoms with Crippen molar-refractivity contribution >= 4 is 0 Å². The monoisotopic (exact) mass is 277 g/mol. The smallest absolute Gasteiger partial charge is 0.311 e. The van der Waals surface area contributed by atoms with Crippen LogP contribution >= 0.6 is 0 Å². The van der Waals surface area contributed by atoms with Gasteiger partial charge in [-0.3, -0.25) is 0 Å². The Bertz CT molecular complexity index is 271. The number of hydrogen-bond acceptors (Lipinski definition) is 1. The lowest BCUT2D eigenvalue weighted by Gasteiger charge is -2.36. The van der Waals surface area contributed by atoms with Crippen molar-refractivity contribution in [2.45, 2.75) is 83.0 Å². The molecule has 112 valence electrons. The largest absolute Gasteiger partial charge is 0.391 e. The van der Waals surface area contributed by atoms with E-state index >= 15 is 0 Å². The Balaban J connectivity index is 1.81. The molecule has 0 radical (unpaired) electrons.